The molecule has 2 aromatic rings. The van der Waals surface area contributed by atoms with Gasteiger partial charge in [-0.15, -0.1) is 0 Å². The van der Waals surface area contributed by atoms with E-state index in [-0.39, 0.29) is 0 Å². The first-order valence-electron chi connectivity index (χ1n) is 4.16. The lowest BCUT2D eigenvalue weighted by Crippen LogP contribution is -1.84. The fraction of sp³-hybridized carbons (Fsp3) is 0. The summed E-state index contributed by atoms with van der Waals surface area (Å²) in [5, 5.41) is 2.08. The molecule has 0 heterocycles. The van der Waals surface area contributed by atoms with Crippen molar-refractivity contribution in [3.8, 4) is 0 Å². The summed E-state index contributed by atoms with van der Waals surface area (Å²) in [6, 6.07) is 7.60. The van der Waals surface area contributed by atoms with Gasteiger partial charge < -0.3 is 0 Å². The van der Waals surface area contributed by atoms with Gasteiger partial charge in [-0.05, 0) is 29.7 Å². The van der Waals surface area contributed by atoms with Crippen LogP contribution in [0.3, 0.4) is 0 Å². The number of benzene rings is 2. The van der Waals surface area contributed by atoms with E-state index in [0.717, 1.165) is 30.5 Å². The van der Waals surface area contributed by atoms with Crippen molar-refractivity contribution >= 4 is 64.8 Å². The molecule has 0 fully saturated rings. The number of rotatable bonds is 1. The number of halogens is 3. The SMILES string of the molecule is O=Cc1cc(Br)c2c(Br)ccc(Br)c2c1. The maximum absolute atomic E-state index is 10.8. The van der Waals surface area contributed by atoms with Crippen LogP contribution in [0.25, 0.3) is 10.8 Å². The smallest absolute Gasteiger partial charge is 0.150 e. The van der Waals surface area contributed by atoms with Crippen LogP contribution in [0.4, 0.5) is 0 Å². The molecule has 4 heteroatoms. The van der Waals surface area contributed by atoms with Crippen LogP contribution in [0, 0.1) is 0 Å². The van der Waals surface area contributed by atoms with E-state index in [0.29, 0.717) is 5.56 Å². The molecule has 0 unspecified atom stereocenters. The Morgan fingerprint density at radius 2 is 1.60 bits per heavy atom. The molecule has 2 rings (SSSR count). The van der Waals surface area contributed by atoms with E-state index in [4.69, 9.17) is 0 Å². The first-order chi connectivity index (χ1) is 7.13. The third-order valence-electron chi connectivity index (χ3n) is 2.12. The molecule has 0 bridgehead atoms. The highest BCUT2D eigenvalue weighted by molar-refractivity contribution is 9.11. The molecule has 0 aliphatic heterocycles. The minimum atomic E-state index is 0.660. The predicted octanol–water partition coefficient (Wildman–Crippen LogP) is 4.94. The molecular formula is C11H5Br3O. The molecule has 0 spiro atoms. The van der Waals surface area contributed by atoms with Gasteiger partial charge in [0, 0.05) is 24.4 Å². The molecule has 0 radical (unpaired) electrons. The van der Waals surface area contributed by atoms with Gasteiger partial charge in [-0.1, -0.05) is 47.8 Å². The molecule has 15 heavy (non-hydrogen) atoms. The Morgan fingerprint density at radius 3 is 2.27 bits per heavy atom. The number of hydrogen-bond acceptors (Lipinski definition) is 1. The molecule has 0 aromatic heterocycles. The summed E-state index contributed by atoms with van der Waals surface area (Å²) in [6.45, 7) is 0. The summed E-state index contributed by atoms with van der Waals surface area (Å²) in [5.41, 5.74) is 0.660. The van der Waals surface area contributed by atoms with Crippen molar-refractivity contribution in [3.63, 3.8) is 0 Å². The number of hydrogen-bond donors (Lipinski definition) is 0. The fourth-order valence-corrected chi connectivity index (χ4v) is 3.41. The zero-order valence-corrected chi connectivity index (χ0v) is 12.2. The minimum Gasteiger partial charge on any atom is -0.298 e. The van der Waals surface area contributed by atoms with Crippen LogP contribution in [0.2, 0.25) is 0 Å². The molecule has 0 aliphatic rings. The van der Waals surface area contributed by atoms with Crippen molar-refractivity contribution in [2.75, 3.05) is 0 Å². The van der Waals surface area contributed by atoms with Gasteiger partial charge in [-0.2, -0.15) is 0 Å². The minimum absolute atomic E-state index is 0.660. The van der Waals surface area contributed by atoms with E-state index >= 15 is 0 Å². The monoisotopic (exact) mass is 390 g/mol. The van der Waals surface area contributed by atoms with Crippen molar-refractivity contribution in [3.05, 3.63) is 43.2 Å². The van der Waals surface area contributed by atoms with Crippen LogP contribution in [0.5, 0.6) is 0 Å². The summed E-state index contributed by atoms with van der Waals surface area (Å²) in [4.78, 5) is 10.8. The lowest BCUT2D eigenvalue weighted by Gasteiger charge is -2.06. The van der Waals surface area contributed by atoms with Gasteiger partial charge in [0.1, 0.15) is 6.29 Å². The lowest BCUT2D eigenvalue weighted by molar-refractivity contribution is 0.112. The van der Waals surface area contributed by atoms with E-state index in [1.54, 1.807) is 0 Å². The summed E-state index contributed by atoms with van der Waals surface area (Å²) < 4.78 is 2.89. The number of carbonyl (C=O) groups excluding carboxylic acids is 1. The Hall–Kier alpha value is -0.190. The van der Waals surface area contributed by atoms with Crippen LogP contribution in [-0.2, 0) is 0 Å². The van der Waals surface area contributed by atoms with Crippen molar-refractivity contribution in [1.82, 2.24) is 0 Å². The lowest BCUT2D eigenvalue weighted by atomic mass is 10.1. The first kappa shape index (κ1) is 11.3. The van der Waals surface area contributed by atoms with Gasteiger partial charge in [0.2, 0.25) is 0 Å². The maximum Gasteiger partial charge on any atom is 0.150 e. The molecule has 0 aliphatic carbocycles. The van der Waals surface area contributed by atoms with Gasteiger partial charge in [-0.3, -0.25) is 4.79 Å². The van der Waals surface area contributed by atoms with Crippen molar-refractivity contribution in [1.29, 1.82) is 0 Å². The Labute approximate surface area is 112 Å². The molecule has 0 amide bonds. The van der Waals surface area contributed by atoms with Crippen LogP contribution < -0.4 is 0 Å². The molecule has 2 aromatic carbocycles. The molecule has 0 saturated carbocycles. The van der Waals surface area contributed by atoms with Gasteiger partial charge >= 0.3 is 0 Å². The van der Waals surface area contributed by atoms with Gasteiger partial charge in [-0.25, -0.2) is 0 Å². The largest absolute Gasteiger partial charge is 0.298 e. The highest BCUT2D eigenvalue weighted by Gasteiger charge is 2.08. The molecule has 0 N–H and O–H groups in total. The second-order valence-electron chi connectivity index (χ2n) is 3.07. The summed E-state index contributed by atoms with van der Waals surface area (Å²) in [7, 11) is 0. The summed E-state index contributed by atoms with van der Waals surface area (Å²) in [5.74, 6) is 0. The number of fused-ring (bicyclic) bond motifs is 1. The highest BCUT2D eigenvalue weighted by Crippen LogP contribution is 2.35. The first-order valence-corrected chi connectivity index (χ1v) is 6.54. The summed E-state index contributed by atoms with van der Waals surface area (Å²) in [6.07, 6.45) is 0.845. The third kappa shape index (κ3) is 2.03. The Balaban J connectivity index is 2.96. The summed E-state index contributed by atoms with van der Waals surface area (Å²) >= 11 is 10.4. The quantitative estimate of drug-likeness (QED) is 0.628. The molecule has 0 atom stereocenters. The van der Waals surface area contributed by atoms with E-state index in [9.17, 15) is 4.79 Å². The predicted molar refractivity (Wildman–Crippen MR) is 72.4 cm³/mol. The molecule has 0 saturated heterocycles. The number of carbonyl (C=O) groups is 1. The third-order valence-corrected chi connectivity index (χ3v) is 4.10. The fourth-order valence-electron chi connectivity index (χ4n) is 1.45. The van der Waals surface area contributed by atoms with Crippen LogP contribution >= 0.6 is 47.8 Å². The molecule has 1 nitrogen and oxygen atoms in total. The van der Waals surface area contributed by atoms with Crippen LogP contribution in [0.15, 0.2) is 37.7 Å². The number of aldehydes is 1. The standard InChI is InChI=1S/C11H5Br3O/c12-8-1-2-9(13)11-7(8)3-6(5-15)4-10(11)14/h1-5H. The zero-order valence-electron chi connectivity index (χ0n) is 7.43. The van der Waals surface area contributed by atoms with Gasteiger partial charge in [0.15, 0.2) is 0 Å². The van der Waals surface area contributed by atoms with Crippen molar-refractivity contribution in [2.45, 2.75) is 0 Å². The Bertz CT molecular complexity index is 549. The van der Waals surface area contributed by atoms with Crippen LogP contribution in [-0.4, -0.2) is 6.29 Å². The van der Waals surface area contributed by atoms with E-state index in [1.807, 2.05) is 24.3 Å². The van der Waals surface area contributed by atoms with Crippen molar-refractivity contribution < 1.29 is 4.79 Å². The Kier molecular flexibility index (Phi) is 3.28. The molecule has 76 valence electrons. The molecular weight excluding hydrogens is 388 g/mol. The second kappa shape index (κ2) is 4.36. The van der Waals surface area contributed by atoms with Gasteiger partial charge in [0.25, 0.3) is 0 Å². The maximum atomic E-state index is 10.8. The Morgan fingerprint density at radius 1 is 0.933 bits per heavy atom. The zero-order chi connectivity index (χ0) is 11.0. The van der Waals surface area contributed by atoms with E-state index < -0.39 is 0 Å². The van der Waals surface area contributed by atoms with Crippen molar-refractivity contribution in [2.24, 2.45) is 0 Å². The topological polar surface area (TPSA) is 17.1 Å². The average molecular weight is 393 g/mol. The average Bonchev–Trinajstić information content (AvgIpc) is 2.23. The van der Waals surface area contributed by atoms with Gasteiger partial charge in [0.05, 0.1) is 0 Å². The normalized spacial score (nSPS) is 10.6. The highest BCUT2D eigenvalue weighted by atomic mass is 79.9. The second-order valence-corrected chi connectivity index (χ2v) is 5.64. The van der Waals surface area contributed by atoms with Crippen LogP contribution in [0.1, 0.15) is 10.4 Å². The van der Waals surface area contributed by atoms with E-state index in [2.05, 4.69) is 47.8 Å². The van der Waals surface area contributed by atoms with E-state index in [1.165, 1.54) is 0 Å².